The fourth-order valence-corrected chi connectivity index (χ4v) is 4.06. The van der Waals surface area contributed by atoms with Crippen LogP contribution in [-0.2, 0) is 10.0 Å². The summed E-state index contributed by atoms with van der Waals surface area (Å²) < 4.78 is 28.2. The highest BCUT2D eigenvalue weighted by Crippen LogP contribution is 2.27. The van der Waals surface area contributed by atoms with Crippen molar-refractivity contribution in [1.82, 2.24) is 4.72 Å². The van der Waals surface area contributed by atoms with Crippen LogP contribution in [-0.4, -0.2) is 25.2 Å². The maximum atomic E-state index is 12.6. The number of benzene rings is 2. The Morgan fingerprint density at radius 1 is 1.08 bits per heavy atom. The van der Waals surface area contributed by atoms with Crippen LogP contribution in [0.2, 0.25) is 0 Å². The topological polar surface area (TPSA) is 63.2 Å². The van der Waals surface area contributed by atoms with Gasteiger partial charge in [-0.25, -0.2) is 13.1 Å². The van der Waals surface area contributed by atoms with Crippen LogP contribution in [0.1, 0.15) is 30.1 Å². The van der Waals surface area contributed by atoms with Gasteiger partial charge in [0.1, 0.15) is 0 Å². The average molecular weight is 457 g/mol. The second kappa shape index (κ2) is 8.73. The number of carbonyl (C=O) groups is 1. The van der Waals surface area contributed by atoms with Crippen LogP contribution in [0.4, 0.5) is 0 Å². The number of hydrogen-bond donors (Lipinski definition) is 1. The molecule has 0 saturated carbocycles. The molecule has 2 rings (SSSR count). The molecule has 1 N–H and O–H groups in total. The minimum atomic E-state index is -3.56. The summed E-state index contributed by atoms with van der Waals surface area (Å²) in [5.74, 6) is 0.0595. The molecule has 0 bridgehead atoms. The first-order valence-electron chi connectivity index (χ1n) is 7.78. The van der Waals surface area contributed by atoms with Crippen LogP contribution >= 0.6 is 22.6 Å². The van der Waals surface area contributed by atoms with Crippen molar-refractivity contribution in [2.75, 3.05) is 11.0 Å². The molecule has 0 fully saturated rings. The fraction of sp³-hybridized carbons (Fsp3) is 0.278. The smallest absolute Gasteiger partial charge is 0.241 e. The third-order valence-electron chi connectivity index (χ3n) is 3.64. The lowest BCUT2D eigenvalue weighted by Crippen LogP contribution is -2.25. The summed E-state index contributed by atoms with van der Waals surface area (Å²) in [5.41, 5.74) is 2.04. The van der Waals surface area contributed by atoms with E-state index in [4.69, 9.17) is 0 Å². The van der Waals surface area contributed by atoms with Gasteiger partial charge in [-0.05, 0) is 18.1 Å². The molecule has 0 saturated heterocycles. The first-order valence-corrected chi connectivity index (χ1v) is 10.8. The number of nitrogens with one attached hydrogen (secondary N) is 1. The van der Waals surface area contributed by atoms with Gasteiger partial charge in [0, 0.05) is 17.7 Å². The molecule has 0 aromatic heterocycles. The van der Waals surface area contributed by atoms with E-state index in [2.05, 4.69) is 4.72 Å². The fourth-order valence-electron chi connectivity index (χ4n) is 2.31. The molecule has 2 aromatic rings. The van der Waals surface area contributed by atoms with Crippen molar-refractivity contribution >= 4 is 38.4 Å². The van der Waals surface area contributed by atoms with E-state index in [0.29, 0.717) is 22.1 Å². The Bertz CT molecular complexity index is 801. The van der Waals surface area contributed by atoms with Gasteiger partial charge in [0.2, 0.25) is 10.0 Å². The summed E-state index contributed by atoms with van der Waals surface area (Å²) in [6.07, 6.45) is 1.73. The minimum Gasteiger partial charge on any atom is -0.293 e. The standard InChI is InChI=1S/C18H20INO3S/c1-2-3-12-20-24(22,23)18-7-5-4-6-16(18)14-8-10-15(11-9-14)17(21)13-19/h4-11,20H,2-3,12-13H2,1H3. The highest BCUT2D eigenvalue weighted by atomic mass is 127. The Kier molecular flexibility index (Phi) is 6.94. The van der Waals surface area contributed by atoms with E-state index in [-0.39, 0.29) is 10.7 Å². The monoisotopic (exact) mass is 457 g/mol. The van der Waals surface area contributed by atoms with Crippen LogP contribution in [0.5, 0.6) is 0 Å². The lowest BCUT2D eigenvalue weighted by Gasteiger charge is -2.12. The molecule has 0 aliphatic carbocycles. The molecular weight excluding hydrogens is 437 g/mol. The molecule has 0 aliphatic heterocycles. The predicted molar refractivity (Wildman–Crippen MR) is 105 cm³/mol. The number of halogens is 1. The first-order chi connectivity index (χ1) is 11.5. The zero-order chi connectivity index (χ0) is 17.6. The van der Waals surface area contributed by atoms with Gasteiger partial charge in [0.15, 0.2) is 5.78 Å². The lowest BCUT2D eigenvalue weighted by molar-refractivity contribution is 0.102. The number of carbonyl (C=O) groups excluding carboxylic acids is 1. The summed E-state index contributed by atoms with van der Waals surface area (Å²) in [4.78, 5) is 12.0. The van der Waals surface area contributed by atoms with Crippen LogP contribution < -0.4 is 4.72 Å². The first kappa shape index (κ1) is 19.1. The van der Waals surface area contributed by atoms with E-state index in [0.717, 1.165) is 18.4 Å². The number of alkyl halides is 1. The van der Waals surface area contributed by atoms with E-state index in [1.165, 1.54) is 0 Å². The number of sulfonamides is 1. The molecule has 6 heteroatoms. The van der Waals surface area contributed by atoms with Gasteiger partial charge in [-0.1, -0.05) is 78.4 Å². The minimum absolute atomic E-state index is 0.0595. The van der Waals surface area contributed by atoms with E-state index in [1.807, 2.05) is 35.6 Å². The van der Waals surface area contributed by atoms with Crippen molar-refractivity contribution in [3.63, 3.8) is 0 Å². The number of ketones is 1. The van der Waals surface area contributed by atoms with Gasteiger partial charge >= 0.3 is 0 Å². The highest BCUT2D eigenvalue weighted by molar-refractivity contribution is 14.1. The molecule has 0 heterocycles. The molecule has 0 amide bonds. The van der Waals surface area contributed by atoms with Gasteiger partial charge < -0.3 is 0 Å². The van der Waals surface area contributed by atoms with Gasteiger partial charge in [0.05, 0.1) is 9.32 Å². The average Bonchev–Trinajstić information content (AvgIpc) is 2.61. The Morgan fingerprint density at radius 2 is 1.75 bits per heavy atom. The Balaban J connectivity index is 2.37. The van der Waals surface area contributed by atoms with E-state index < -0.39 is 10.0 Å². The second-order valence-corrected chi connectivity index (χ2v) is 7.88. The molecule has 128 valence electrons. The van der Waals surface area contributed by atoms with Gasteiger partial charge in [-0.15, -0.1) is 0 Å². The Hall–Kier alpha value is -1.25. The Morgan fingerprint density at radius 3 is 2.38 bits per heavy atom. The maximum absolute atomic E-state index is 12.6. The molecule has 0 spiro atoms. The number of hydrogen-bond acceptors (Lipinski definition) is 3. The third kappa shape index (κ3) is 4.64. The molecule has 4 nitrogen and oxygen atoms in total. The molecular formula is C18H20INO3S. The summed E-state index contributed by atoms with van der Waals surface area (Å²) >= 11 is 2.03. The largest absolute Gasteiger partial charge is 0.293 e. The number of Topliss-reactive ketones (excluding diaryl/α,β-unsaturated/α-hetero) is 1. The third-order valence-corrected chi connectivity index (χ3v) is 5.85. The normalized spacial score (nSPS) is 11.4. The van der Waals surface area contributed by atoms with E-state index in [1.54, 1.807) is 42.5 Å². The van der Waals surface area contributed by atoms with Gasteiger partial charge in [-0.3, -0.25) is 4.79 Å². The molecule has 0 aliphatic rings. The number of unbranched alkanes of at least 4 members (excludes halogenated alkanes) is 1. The van der Waals surface area contributed by atoms with E-state index in [9.17, 15) is 13.2 Å². The summed E-state index contributed by atoms with van der Waals surface area (Å²) in [6.45, 7) is 2.44. The van der Waals surface area contributed by atoms with Crippen LogP contribution in [0.15, 0.2) is 53.4 Å². The lowest BCUT2D eigenvalue weighted by atomic mass is 10.0. The molecule has 2 aromatic carbocycles. The quantitative estimate of drug-likeness (QED) is 0.282. The summed E-state index contributed by atoms with van der Waals surface area (Å²) in [5, 5.41) is 0. The second-order valence-electron chi connectivity index (χ2n) is 5.38. The highest BCUT2D eigenvalue weighted by Gasteiger charge is 2.18. The molecule has 24 heavy (non-hydrogen) atoms. The van der Waals surface area contributed by atoms with Gasteiger partial charge in [-0.2, -0.15) is 0 Å². The van der Waals surface area contributed by atoms with Crippen LogP contribution in [0, 0.1) is 0 Å². The molecule has 0 radical (unpaired) electrons. The van der Waals surface area contributed by atoms with Crippen LogP contribution in [0.25, 0.3) is 11.1 Å². The van der Waals surface area contributed by atoms with Crippen molar-refractivity contribution in [3.8, 4) is 11.1 Å². The zero-order valence-corrected chi connectivity index (χ0v) is 16.4. The van der Waals surface area contributed by atoms with Gasteiger partial charge in [0.25, 0.3) is 0 Å². The van der Waals surface area contributed by atoms with Crippen molar-refractivity contribution < 1.29 is 13.2 Å². The van der Waals surface area contributed by atoms with Crippen molar-refractivity contribution in [2.45, 2.75) is 24.7 Å². The van der Waals surface area contributed by atoms with Crippen molar-refractivity contribution in [3.05, 3.63) is 54.1 Å². The summed E-state index contributed by atoms with van der Waals surface area (Å²) in [6, 6.07) is 14.0. The number of rotatable bonds is 8. The summed E-state index contributed by atoms with van der Waals surface area (Å²) in [7, 11) is -3.56. The van der Waals surface area contributed by atoms with Crippen LogP contribution in [0.3, 0.4) is 0 Å². The van der Waals surface area contributed by atoms with E-state index >= 15 is 0 Å². The zero-order valence-electron chi connectivity index (χ0n) is 13.5. The Labute approximate surface area is 156 Å². The maximum Gasteiger partial charge on any atom is 0.241 e. The van der Waals surface area contributed by atoms with Crippen molar-refractivity contribution in [1.29, 1.82) is 0 Å². The SMILES string of the molecule is CCCCNS(=O)(=O)c1ccccc1-c1ccc(C(=O)CI)cc1. The molecule has 0 atom stereocenters. The molecule has 0 unspecified atom stereocenters. The van der Waals surface area contributed by atoms with Crippen molar-refractivity contribution in [2.24, 2.45) is 0 Å². The predicted octanol–water partition coefficient (Wildman–Crippen LogP) is 4.05.